The van der Waals surface area contributed by atoms with E-state index in [-0.39, 0.29) is 6.42 Å². The first-order valence-corrected chi connectivity index (χ1v) is 7.20. The lowest BCUT2D eigenvalue weighted by Crippen LogP contribution is -2.29. The Labute approximate surface area is 130 Å². The Morgan fingerprint density at radius 2 is 1.77 bits per heavy atom. The number of carbonyl (C=O) groups excluding carboxylic acids is 2. The fraction of sp³-hybridized carbons (Fsp3) is 0.222. The number of carbonyl (C=O) groups is 2. The molecular weight excluding hydrogens is 276 g/mol. The number of benzene rings is 2. The van der Waals surface area contributed by atoms with E-state index in [1.54, 1.807) is 0 Å². The molecule has 0 bridgehead atoms. The van der Waals surface area contributed by atoms with Gasteiger partial charge in [0.1, 0.15) is 0 Å². The molecule has 0 fully saturated rings. The summed E-state index contributed by atoms with van der Waals surface area (Å²) in [5.74, 6) is -1.58. The minimum Gasteiger partial charge on any atom is -0.370 e. The van der Waals surface area contributed by atoms with Crippen molar-refractivity contribution in [2.45, 2.75) is 19.8 Å². The second kappa shape index (κ2) is 6.89. The Morgan fingerprint density at radius 1 is 1.05 bits per heavy atom. The molecule has 0 saturated heterocycles. The predicted octanol–water partition coefficient (Wildman–Crippen LogP) is 2.18. The Kier molecular flexibility index (Phi) is 4.94. The van der Waals surface area contributed by atoms with Gasteiger partial charge in [0.25, 0.3) is 0 Å². The SMILES string of the molecule is Cc1ccccc1-c1cccc(CC(CC(N)=O)C(N)=O)c1. The molecule has 4 nitrogen and oxygen atoms in total. The van der Waals surface area contributed by atoms with Crippen molar-refractivity contribution in [2.75, 3.05) is 0 Å². The number of hydrogen-bond acceptors (Lipinski definition) is 2. The molecule has 2 aromatic rings. The standard InChI is InChI=1S/C18H20N2O2/c1-12-5-2-3-8-16(12)14-7-4-6-13(9-14)10-15(18(20)22)11-17(19)21/h2-9,15H,10-11H2,1H3,(H2,19,21)(H2,20,22). The summed E-state index contributed by atoms with van der Waals surface area (Å²) in [5, 5.41) is 0. The summed E-state index contributed by atoms with van der Waals surface area (Å²) in [7, 11) is 0. The highest BCUT2D eigenvalue weighted by Crippen LogP contribution is 2.25. The highest BCUT2D eigenvalue weighted by atomic mass is 16.2. The summed E-state index contributed by atoms with van der Waals surface area (Å²) in [6.45, 7) is 2.06. The first-order valence-electron chi connectivity index (χ1n) is 7.20. The van der Waals surface area contributed by atoms with Gasteiger partial charge in [0, 0.05) is 6.42 Å². The van der Waals surface area contributed by atoms with Crippen LogP contribution in [-0.2, 0) is 16.0 Å². The van der Waals surface area contributed by atoms with E-state index in [0.717, 1.165) is 16.7 Å². The molecule has 2 aromatic carbocycles. The Morgan fingerprint density at radius 3 is 2.41 bits per heavy atom. The number of primary amides is 2. The van der Waals surface area contributed by atoms with E-state index in [1.165, 1.54) is 5.56 Å². The summed E-state index contributed by atoms with van der Waals surface area (Å²) in [5.41, 5.74) is 14.9. The highest BCUT2D eigenvalue weighted by Gasteiger charge is 2.18. The molecule has 22 heavy (non-hydrogen) atoms. The molecule has 1 atom stereocenters. The lowest BCUT2D eigenvalue weighted by atomic mass is 9.92. The van der Waals surface area contributed by atoms with Crippen LogP contribution >= 0.6 is 0 Å². The number of hydrogen-bond donors (Lipinski definition) is 2. The summed E-state index contributed by atoms with van der Waals surface area (Å²) >= 11 is 0. The van der Waals surface area contributed by atoms with Crippen LogP contribution in [0.5, 0.6) is 0 Å². The minimum absolute atomic E-state index is 0.0239. The van der Waals surface area contributed by atoms with Crippen LogP contribution in [0, 0.1) is 12.8 Å². The van der Waals surface area contributed by atoms with Crippen LogP contribution in [0.3, 0.4) is 0 Å². The van der Waals surface area contributed by atoms with Crippen molar-refractivity contribution < 1.29 is 9.59 Å². The monoisotopic (exact) mass is 296 g/mol. The minimum atomic E-state index is -0.565. The van der Waals surface area contributed by atoms with Gasteiger partial charge < -0.3 is 11.5 Å². The van der Waals surface area contributed by atoms with E-state index in [0.29, 0.717) is 6.42 Å². The molecule has 4 heteroatoms. The lowest BCUT2D eigenvalue weighted by molar-refractivity contribution is -0.126. The number of amides is 2. The fourth-order valence-corrected chi connectivity index (χ4v) is 2.56. The number of nitrogens with two attached hydrogens (primary N) is 2. The molecule has 2 rings (SSSR count). The molecule has 0 aliphatic carbocycles. The summed E-state index contributed by atoms with van der Waals surface area (Å²) in [6, 6.07) is 16.0. The van der Waals surface area contributed by atoms with Crippen LogP contribution in [0.15, 0.2) is 48.5 Å². The van der Waals surface area contributed by atoms with Gasteiger partial charge in [-0.2, -0.15) is 0 Å². The molecule has 0 saturated carbocycles. The van der Waals surface area contributed by atoms with Crippen molar-refractivity contribution in [3.63, 3.8) is 0 Å². The Balaban J connectivity index is 2.26. The summed E-state index contributed by atoms with van der Waals surface area (Å²) in [4.78, 5) is 22.5. The van der Waals surface area contributed by atoms with Crippen molar-refractivity contribution in [3.8, 4) is 11.1 Å². The summed E-state index contributed by atoms with van der Waals surface area (Å²) in [6.07, 6.45) is 0.391. The molecule has 0 spiro atoms. The van der Waals surface area contributed by atoms with E-state index >= 15 is 0 Å². The highest BCUT2D eigenvalue weighted by molar-refractivity contribution is 5.84. The molecule has 2 amide bonds. The van der Waals surface area contributed by atoms with Crippen molar-refractivity contribution >= 4 is 11.8 Å². The molecule has 0 heterocycles. The third-order valence-corrected chi connectivity index (χ3v) is 3.72. The average Bonchev–Trinajstić information content (AvgIpc) is 2.47. The van der Waals surface area contributed by atoms with Crippen molar-refractivity contribution in [1.82, 2.24) is 0 Å². The third-order valence-electron chi connectivity index (χ3n) is 3.72. The summed E-state index contributed by atoms with van der Waals surface area (Å²) < 4.78 is 0. The first-order chi connectivity index (χ1) is 10.5. The molecule has 0 aliphatic rings. The van der Waals surface area contributed by atoms with Gasteiger partial charge in [-0.3, -0.25) is 9.59 Å². The normalized spacial score (nSPS) is 11.9. The van der Waals surface area contributed by atoms with Gasteiger partial charge in [-0.15, -0.1) is 0 Å². The maximum Gasteiger partial charge on any atom is 0.221 e. The predicted molar refractivity (Wildman–Crippen MR) is 86.8 cm³/mol. The van der Waals surface area contributed by atoms with Gasteiger partial charge in [0.2, 0.25) is 11.8 Å². The average molecular weight is 296 g/mol. The Bertz CT molecular complexity index is 695. The third kappa shape index (κ3) is 3.95. The van der Waals surface area contributed by atoms with Crippen LogP contribution in [0.2, 0.25) is 0 Å². The van der Waals surface area contributed by atoms with E-state index in [2.05, 4.69) is 19.1 Å². The Hall–Kier alpha value is -2.62. The maximum atomic E-state index is 11.5. The number of rotatable bonds is 6. The topological polar surface area (TPSA) is 86.2 Å². The van der Waals surface area contributed by atoms with Crippen molar-refractivity contribution in [1.29, 1.82) is 0 Å². The van der Waals surface area contributed by atoms with Crippen molar-refractivity contribution in [3.05, 3.63) is 59.7 Å². The first kappa shape index (κ1) is 15.8. The largest absolute Gasteiger partial charge is 0.370 e. The van der Waals surface area contributed by atoms with Gasteiger partial charge >= 0.3 is 0 Å². The molecule has 114 valence electrons. The lowest BCUT2D eigenvalue weighted by Gasteiger charge is -2.13. The fourth-order valence-electron chi connectivity index (χ4n) is 2.56. The molecule has 0 aliphatic heterocycles. The van der Waals surface area contributed by atoms with Crippen molar-refractivity contribution in [2.24, 2.45) is 17.4 Å². The van der Waals surface area contributed by atoms with E-state index in [9.17, 15) is 9.59 Å². The van der Waals surface area contributed by atoms with E-state index < -0.39 is 17.7 Å². The zero-order valence-corrected chi connectivity index (χ0v) is 12.6. The van der Waals surface area contributed by atoms with Crippen LogP contribution in [-0.4, -0.2) is 11.8 Å². The van der Waals surface area contributed by atoms with Crippen LogP contribution in [0.1, 0.15) is 17.5 Å². The van der Waals surface area contributed by atoms with E-state index in [4.69, 9.17) is 11.5 Å². The van der Waals surface area contributed by atoms with Gasteiger partial charge in [-0.1, -0.05) is 48.5 Å². The molecule has 0 radical (unpaired) electrons. The molecule has 4 N–H and O–H groups in total. The molecular formula is C18H20N2O2. The second-order valence-electron chi connectivity index (χ2n) is 5.49. The van der Waals surface area contributed by atoms with Gasteiger partial charge in [-0.05, 0) is 35.6 Å². The number of aryl methyl sites for hydroxylation is 1. The van der Waals surface area contributed by atoms with Gasteiger partial charge in [0.15, 0.2) is 0 Å². The second-order valence-corrected chi connectivity index (χ2v) is 5.49. The van der Waals surface area contributed by atoms with Gasteiger partial charge in [-0.25, -0.2) is 0 Å². The van der Waals surface area contributed by atoms with Crippen LogP contribution in [0.25, 0.3) is 11.1 Å². The smallest absolute Gasteiger partial charge is 0.221 e. The molecule has 0 aromatic heterocycles. The van der Waals surface area contributed by atoms with Crippen LogP contribution < -0.4 is 11.5 Å². The zero-order valence-electron chi connectivity index (χ0n) is 12.6. The zero-order chi connectivity index (χ0) is 16.1. The van der Waals surface area contributed by atoms with Crippen LogP contribution in [0.4, 0.5) is 0 Å². The maximum absolute atomic E-state index is 11.5. The molecule has 1 unspecified atom stereocenters. The van der Waals surface area contributed by atoms with Gasteiger partial charge in [0.05, 0.1) is 5.92 Å². The quantitative estimate of drug-likeness (QED) is 0.856. The van der Waals surface area contributed by atoms with E-state index in [1.807, 2.05) is 36.4 Å².